The van der Waals surface area contributed by atoms with Gasteiger partial charge in [-0.15, -0.1) is 11.3 Å². The summed E-state index contributed by atoms with van der Waals surface area (Å²) in [5, 5.41) is 13.3. The number of carbonyl (C=O) groups excluding carboxylic acids is 2. The summed E-state index contributed by atoms with van der Waals surface area (Å²) in [4.78, 5) is 24.1. The van der Waals surface area contributed by atoms with Crippen LogP contribution >= 0.6 is 11.3 Å². The number of nitrogens with one attached hydrogen (secondary N) is 1. The molecule has 0 radical (unpaired) electrons. The van der Waals surface area contributed by atoms with Crippen LogP contribution in [0.2, 0.25) is 0 Å². The van der Waals surface area contributed by atoms with Gasteiger partial charge in [-0.25, -0.2) is 0 Å². The highest BCUT2D eigenvalue weighted by Gasteiger charge is 2.26. The third-order valence-electron chi connectivity index (χ3n) is 3.68. The van der Waals surface area contributed by atoms with E-state index in [0.717, 1.165) is 41.8 Å². The van der Waals surface area contributed by atoms with Crippen LogP contribution in [0.1, 0.15) is 52.9 Å². The quantitative estimate of drug-likeness (QED) is 0.906. The van der Waals surface area contributed by atoms with Crippen LogP contribution < -0.4 is 5.32 Å². The molecule has 102 valence electrons. The summed E-state index contributed by atoms with van der Waals surface area (Å²) in [5.41, 5.74) is 2.32. The highest BCUT2D eigenvalue weighted by Crippen LogP contribution is 2.38. The lowest BCUT2D eigenvalue weighted by Gasteiger charge is -2.13. The number of Topliss-reactive ketones (excluding diaryl/α,β-unsaturated/α-hetero) is 1. The predicted molar refractivity (Wildman–Crippen MR) is 76.9 cm³/mol. The Bertz CT molecular complexity index is 664. The second-order valence-corrected chi connectivity index (χ2v) is 6.14. The molecule has 0 saturated carbocycles. The van der Waals surface area contributed by atoms with Gasteiger partial charge in [-0.3, -0.25) is 9.59 Å². The van der Waals surface area contributed by atoms with Crippen LogP contribution in [0.3, 0.4) is 0 Å². The Morgan fingerprint density at radius 1 is 1.15 bits per heavy atom. The summed E-state index contributed by atoms with van der Waals surface area (Å²) in [6.45, 7) is 0. The first-order valence-corrected chi connectivity index (χ1v) is 7.60. The number of ketones is 2. The molecular weight excluding hydrogens is 272 g/mol. The van der Waals surface area contributed by atoms with Crippen LogP contribution in [-0.2, 0) is 11.2 Å². The van der Waals surface area contributed by atoms with E-state index in [4.69, 9.17) is 0 Å². The second kappa shape index (κ2) is 5.22. The first-order valence-electron chi connectivity index (χ1n) is 6.78. The molecule has 0 amide bonds. The van der Waals surface area contributed by atoms with Crippen LogP contribution in [0.15, 0.2) is 11.8 Å². The van der Waals surface area contributed by atoms with Crippen LogP contribution in [0.25, 0.3) is 0 Å². The zero-order chi connectivity index (χ0) is 14.1. The molecule has 20 heavy (non-hydrogen) atoms. The Morgan fingerprint density at radius 3 is 2.70 bits per heavy atom. The molecule has 0 aromatic carbocycles. The van der Waals surface area contributed by atoms with E-state index in [9.17, 15) is 14.9 Å². The van der Waals surface area contributed by atoms with E-state index in [1.807, 2.05) is 0 Å². The van der Waals surface area contributed by atoms with Gasteiger partial charge in [0.25, 0.3) is 0 Å². The molecule has 5 heteroatoms. The van der Waals surface area contributed by atoms with E-state index in [2.05, 4.69) is 11.4 Å². The summed E-state index contributed by atoms with van der Waals surface area (Å²) in [5.74, 6) is 0.254. The van der Waals surface area contributed by atoms with Gasteiger partial charge in [0.15, 0.2) is 11.6 Å². The molecule has 3 rings (SSSR count). The van der Waals surface area contributed by atoms with Crippen LogP contribution in [0, 0.1) is 11.3 Å². The van der Waals surface area contributed by atoms with Gasteiger partial charge in [0.2, 0.25) is 0 Å². The lowest BCUT2D eigenvalue weighted by atomic mass is 9.95. The number of hydrogen-bond donors (Lipinski definition) is 1. The average molecular weight is 286 g/mol. The molecule has 1 aromatic rings. The molecule has 1 aromatic heterocycles. The van der Waals surface area contributed by atoms with Gasteiger partial charge in [0.05, 0.1) is 10.4 Å². The van der Waals surface area contributed by atoms with E-state index < -0.39 is 0 Å². The number of thiophene rings is 1. The summed E-state index contributed by atoms with van der Waals surface area (Å²) in [6, 6.07) is 2.21. The van der Waals surface area contributed by atoms with Crippen molar-refractivity contribution in [2.45, 2.75) is 38.5 Å². The summed E-state index contributed by atoms with van der Waals surface area (Å²) in [6.07, 6.45) is 6.04. The summed E-state index contributed by atoms with van der Waals surface area (Å²) >= 11 is 1.35. The maximum atomic E-state index is 11.9. The number of nitriles is 1. The van der Waals surface area contributed by atoms with E-state index in [-0.39, 0.29) is 11.6 Å². The lowest BCUT2D eigenvalue weighted by Crippen LogP contribution is -2.09. The fourth-order valence-electron chi connectivity index (χ4n) is 2.71. The van der Waals surface area contributed by atoms with Gasteiger partial charge >= 0.3 is 0 Å². The van der Waals surface area contributed by atoms with Crippen molar-refractivity contribution in [2.75, 3.05) is 5.32 Å². The number of anilines is 1. The molecule has 1 heterocycles. The zero-order valence-electron chi connectivity index (χ0n) is 11.0. The van der Waals surface area contributed by atoms with Crippen molar-refractivity contribution in [2.24, 2.45) is 0 Å². The van der Waals surface area contributed by atoms with E-state index >= 15 is 0 Å². The average Bonchev–Trinajstić information content (AvgIpc) is 2.77. The van der Waals surface area contributed by atoms with Crippen molar-refractivity contribution in [3.63, 3.8) is 0 Å². The Morgan fingerprint density at radius 2 is 1.95 bits per heavy atom. The van der Waals surface area contributed by atoms with Crippen molar-refractivity contribution in [1.82, 2.24) is 0 Å². The third kappa shape index (κ3) is 2.27. The fraction of sp³-hybridized carbons (Fsp3) is 0.400. The normalized spacial score (nSPS) is 18.2. The minimum absolute atomic E-state index is 0.120. The van der Waals surface area contributed by atoms with Crippen LogP contribution in [0.5, 0.6) is 0 Å². The van der Waals surface area contributed by atoms with E-state index in [1.54, 1.807) is 6.08 Å². The van der Waals surface area contributed by atoms with Gasteiger partial charge < -0.3 is 5.32 Å². The van der Waals surface area contributed by atoms with E-state index in [0.29, 0.717) is 23.4 Å². The number of fused-ring (bicyclic) bond motifs is 1. The van der Waals surface area contributed by atoms with Crippen molar-refractivity contribution in [1.29, 1.82) is 5.26 Å². The molecule has 0 spiro atoms. The number of rotatable bonds is 2. The Labute approximate surface area is 121 Å². The van der Waals surface area contributed by atoms with Crippen LogP contribution in [-0.4, -0.2) is 11.6 Å². The molecule has 2 aliphatic carbocycles. The molecule has 2 aliphatic rings. The van der Waals surface area contributed by atoms with Gasteiger partial charge in [-0.1, -0.05) is 0 Å². The largest absolute Gasteiger partial charge is 0.349 e. The molecule has 0 bridgehead atoms. The first-order chi connectivity index (χ1) is 9.69. The monoisotopic (exact) mass is 286 g/mol. The molecular formula is C15H14N2O2S. The molecule has 4 nitrogen and oxygen atoms in total. The molecule has 1 N–H and O–H groups in total. The fourth-order valence-corrected chi connectivity index (χ4v) is 3.91. The smallest absolute Gasteiger partial charge is 0.173 e. The number of carbonyl (C=O) groups is 2. The minimum atomic E-state index is 0.120. The van der Waals surface area contributed by atoms with Crippen molar-refractivity contribution >= 4 is 27.9 Å². The van der Waals surface area contributed by atoms with Gasteiger partial charge in [0.1, 0.15) is 11.1 Å². The molecule has 0 saturated heterocycles. The highest BCUT2D eigenvalue weighted by molar-refractivity contribution is 7.18. The van der Waals surface area contributed by atoms with Gasteiger partial charge in [-0.05, 0) is 31.2 Å². The van der Waals surface area contributed by atoms with Crippen molar-refractivity contribution in [3.05, 3.63) is 27.8 Å². The first kappa shape index (κ1) is 13.1. The van der Waals surface area contributed by atoms with E-state index in [1.165, 1.54) is 11.3 Å². The SMILES string of the molecule is N#Cc1c(NC2=CC(=O)CCC2)sc2c1CCCC2=O. The lowest BCUT2D eigenvalue weighted by molar-refractivity contribution is -0.115. The van der Waals surface area contributed by atoms with Crippen molar-refractivity contribution in [3.8, 4) is 6.07 Å². The van der Waals surface area contributed by atoms with Gasteiger partial charge in [-0.2, -0.15) is 5.26 Å². The molecule has 0 unspecified atom stereocenters. The number of hydrogen-bond acceptors (Lipinski definition) is 5. The molecule has 0 atom stereocenters. The second-order valence-electron chi connectivity index (χ2n) is 5.12. The topological polar surface area (TPSA) is 70.0 Å². The third-order valence-corrected chi connectivity index (χ3v) is 4.87. The summed E-state index contributed by atoms with van der Waals surface area (Å²) in [7, 11) is 0. The van der Waals surface area contributed by atoms with Crippen molar-refractivity contribution < 1.29 is 9.59 Å². The molecule has 0 fully saturated rings. The summed E-state index contributed by atoms with van der Waals surface area (Å²) < 4.78 is 0. The molecule has 0 aliphatic heterocycles. The maximum absolute atomic E-state index is 11.9. The number of allylic oxidation sites excluding steroid dienone is 2. The Kier molecular flexibility index (Phi) is 3.41. The highest BCUT2D eigenvalue weighted by atomic mass is 32.1. The minimum Gasteiger partial charge on any atom is -0.349 e. The standard InChI is InChI=1S/C15H14N2O2S/c16-8-12-11-5-2-6-13(19)14(11)20-15(12)17-9-3-1-4-10(18)7-9/h7,17H,1-6H2. The predicted octanol–water partition coefficient (Wildman–Crippen LogP) is 3.19. The Hall–Kier alpha value is -1.93. The zero-order valence-corrected chi connectivity index (χ0v) is 11.8. The van der Waals surface area contributed by atoms with Crippen LogP contribution in [0.4, 0.5) is 5.00 Å². The van der Waals surface area contributed by atoms with Gasteiger partial charge in [0, 0.05) is 24.6 Å². The maximum Gasteiger partial charge on any atom is 0.173 e. The number of nitrogens with zero attached hydrogens (tertiary/aromatic N) is 1. The Balaban J connectivity index is 1.96.